The number of morpholine rings is 1. The van der Waals surface area contributed by atoms with Crippen LogP contribution in [0.1, 0.15) is 72.1 Å². The molecule has 3 nitrogen and oxygen atoms in total. The second-order valence-electron chi connectivity index (χ2n) is 6.48. The molecule has 1 aliphatic rings. The molecule has 1 unspecified atom stereocenters. The fraction of sp³-hybridized carbons (Fsp3) is 1.00. The van der Waals surface area contributed by atoms with Gasteiger partial charge >= 0.3 is 0 Å². The van der Waals surface area contributed by atoms with Crippen LogP contribution < -0.4 is 5.32 Å². The summed E-state index contributed by atoms with van der Waals surface area (Å²) in [6.07, 6.45) is 11.2. The van der Waals surface area contributed by atoms with Crippen LogP contribution in [0.4, 0.5) is 0 Å². The molecule has 126 valence electrons. The van der Waals surface area contributed by atoms with E-state index in [4.69, 9.17) is 4.74 Å². The minimum atomic E-state index is 0.388. The van der Waals surface area contributed by atoms with Crippen molar-refractivity contribution in [1.29, 1.82) is 0 Å². The van der Waals surface area contributed by atoms with Crippen LogP contribution in [-0.2, 0) is 4.74 Å². The number of hydrogen-bond acceptors (Lipinski definition) is 3. The highest BCUT2D eigenvalue weighted by atomic mass is 16.5. The highest BCUT2D eigenvalue weighted by Gasteiger charge is 2.20. The van der Waals surface area contributed by atoms with Gasteiger partial charge in [-0.1, -0.05) is 59.3 Å². The van der Waals surface area contributed by atoms with Crippen molar-refractivity contribution in [1.82, 2.24) is 10.2 Å². The highest BCUT2D eigenvalue weighted by Crippen LogP contribution is 2.12. The van der Waals surface area contributed by atoms with Gasteiger partial charge in [-0.3, -0.25) is 4.90 Å². The first-order chi connectivity index (χ1) is 10.3. The molecule has 0 aromatic rings. The van der Waals surface area contributed by atoms with Crippen LogP contribution >= 0.6 is 0 Å². The SMILES string of the molecule is CCCCCC(CCCCC)NCC1CN(CC)CCO1. The van der Waals surface area contributed by atoms with Gasteiger partial charge in [-0.15, -0.1) is 0 Å². The molecular weight excluding hydrogens is 260 g/mol. The van der Waals surface area contributed by atoms with Gasteiger partial charge in [0.1, 0.15) is 0 Å². The molecule has 1 aliphatic heterocycles. The number of rotatable bonds is 12. The van der Waals surface area contributed by atoms with E-state index >= 15 is 0 Å². The Balaban J connectivity index is 2.25. The van der Waals surface area contributed by atoms with E-state index in [0.717, 1.165) is 32.8 Å². The Morgan fingerprint density at radius 1 is 1.05 bits per heavy atom. The molecule has 0 radical (unpaired) electrons. The smallest absolute Gasteiger partial charge is 0.0826 e. The fourth-order valence-electron chi connectivity index (χ4n) is 3.12. The maximum absolute atomic E-state index is 5.91. The van der Waals surface area contributed by atoms with Crippen molar-refractivity contribution in [3.05, 3.63) is 0 Å². The average Bonchev–Trinajstić information content (AvgIpc) is 2.52. The summed E-state index contributed by atoms with van der Waals surface area (Å²) in [6.45, 7) is 12.1. The lowest BCUT2D eigenvalue weighted by atomic mass is 10.0. The lowest BCUT2D eigenvalue weighted by Crippen LogP contribution is -2.48. The molecule has 0 aliphatic carbocycles. The monoisotopic (exact) mass is 298 g/mol. The third kappa shape index (κ3) is 8.80. The lowest BCUT2D eigenvalue weighted by molar-refractivity contribution is -0.0266. The molecular formula is C18H38N2O. The topological polar surface area (TPSA) is 24.5 Å². The van der Waals surface area contributed by atoms with E-state index in [1.54, 1.807) is 0 Å². The lowest BCUT2D eigenvalue weighted by Gasteiger charge is -2.33. The van der Waals surface area contributed by atoms with Crippen LogP contribution in [0.15, 0.2) is 0 Å². The van der Waals surface area contributed by atoms with Crippen LogP contribution in [0.2, 0.25) is 0 Å². The third-order valence-corrected chi connectivity index (χ3v) is 4.62. The van der Waals surface area contributed by atoms with Crippen molar-refractivity contribution in [2.75, 3.05) is 32.8 Å². The predicted molar refractivity (Wildman–Crippen MR) is 91.9 cm³/mol. The van der Waals surface area contributed by atoms with Crippen LogP contribution in [0, 0.1) is 0 Å². The summed E-state index contributed by atoms with van der Waals surface area (Å²) < 4.78 is 5.91. The number of likely N-dealkylation sites (N-methyl/N-ethyl adjacent to an activating group) is 1. The number of nitrogens with zero attached hydrogens (tertiary/aromatic N) is 1. The predicted octanol–water partition coefficient (Wildman–Crippen LogP) is 3.83. The van der Waals surface area contributed by atoms with E-state index in [2.05, 4.69) is 31.0 Å². The maximum Gasteiger partial charge on any atom is 0.0826 e. The number of unbranched alkanes of at least 4 members (excludes halogenated alkanes) is 4. The molecule has 1 atom stereocenters. The van der Waals surface area contributed by atoms with Gasteiger partial charge in [0.2, 0.25) is 0 Å². The van der Waals surface area contributed by atoms with Gasteiger partial charge in [0.15, 0.2) is 0 Å². The van der Waals surface area contributed by atoms with Gasteiger partial charge in [-0.25, -0.2) is 0 Å². The standard InChI is InChI=1S/C18H38N2O/c1-4-7-9-11-17(12-10-8-5-2)19-15-18-16-20(6-3)13-14-21-18/h17-19H,4-16H2,1-3H3. The van der Waals surface area contributed by atoms with Gasteiger partial charge in [-0.05, 0) is 19.4 Å². The molecule has 0 aromatic heterocycles. The Morgan fingerprint density at radius 3 is 2.29 bits per heavy atom. The summed E-state index contributed by atoms with van der Waals surface area (Å²) in [6, 6.07) is 0.698. The van der Waals surface area contributed by atoms with Crippen molar-refractivity contribution in [2.45, 2.75) is 84.3 Å². The van der Waals surface area contributed by atoms with Crippen molar-refractivity contribution >= 4 is 0 Å². The fourth-order valence-corrected chi connectivity index (χ4v) is 3.12. The molecule has 21 heavy (non-hydrogen) atoms. The third-order valence-electron chi connectivity index (χ3n) is 4.62. The Hall–Kier alpha value is -0.120. The highest BCUT2D eigenvalue weighted by molar-refractivity contribution is 4.76. The minimum Gasteiger partial charge on any atom is -0.374 e. The molecule has 1 rings (SSSR count). The van der Waals surface area contributed by atoms with E-state index in [1.165, 1.54) is 51.4 Å². The second-order valence-corrected chi connectivity index (χ2v) is 6.48. The molecule has 3 heteroatoms. The van der Waals surface area contributed by atoms with Crippen LogP contribution in [0.3, 0.4) is 0 Å². The molecule has 1 fully saturated rings. The van der Waals surface area contributed by atoms with Crippen molar-refractivity contribution in [3.8, 4) is 0 Å². The number of nitrogens with one attached hydrogen (secondary N) is 1. The first kappa shape index (κ1) is 18.9. The van der Waals surface area contributed by atoms with Gasteiger partial charge in [0.25, 0.3) is 0 Å². The molecule has 1 N–H and O–H groups in total. The minimum absolute atomic E-state index is 0.388. The molecule has 1 heterocycles. The first-order valence-electron chi connectivity index (χ1n) is 9.37. The summed E-state index contributed by atoms with van der Waals surface area (Å²) in [5.74, 6) is 0. The zero-order valence-electron chi connectivity index (χ0n) is 14.7. The number of ether oxygens (including phenoxy) is 1. The van der Waals surface area contributed by atoms with Gasteiger partial charge < -0.3 is 10.1 Å². The van der Waals surface area contributed by atoms with E-state index in [-0.39, 0.29) is 0 Å². The van der Waals surface area contributed by atoms with E-state index in [9.17, 15) is 0 Å². The van der Waals surface area contributed by atoms with E-state index < -0.39 is 0 Å². The summed E-state index contributed by atoms with van der Waals surface area (Å²) in [7, 11) is 0. The summed E-state index contributed by atoms with van der Waals surface area (Å²) in [4.78, 5) is 2.50. The zero-order chi connectivity index (χ0) is 15.3. The van der Waals surface area contributed by atoms with Gasteiger partial charge in [-0.2, -0.15) is 0 Å². The number of hydrogen-bond donors (Lipinski definition) is 1. The molecule has 0 bridgehead atoms. The van der Waals surface area contributed by atoms with Crippen LogP contribution in [-0.4, -0.2) is 49.8 Å². The maximum atomic E-state index is 5.91. The summed E-state index contributed by atoms with van der Waals surface area (Å²) >= 11 is 0. The van der Waals surface area contributed by atoms with Crippen LogP contribution in [0.5, 0.6) is 0 Å². The molecule has 1 saturated heterocycles. The van der Waals surface area contributed by atoms with E-state index in [1.807, 2.05) is 0 Å². The normalized spacial score (nSPS) is 20.3. The first-order valence-corrected chi connectivity index (χ1v) is 9.37. The Labute approximate surface area is 132 Å². The van der Waals surface area contributed by atoms with Gasteiger partial charge in [0, 0.05) is 25.7 Å². The van der Waals surface area contributed by atoms with E-state index in [0.29, 0.717) is 12.1 Å². The Kier molecular flexibility index (Phi) is 11.2. The van der Waals surface area contributed by atoms with Crippen molar-refractivity contribution < 1.29 is 4.74 Å². The largest absolute Gasteiger partial charge is 0.374 e. The Morgan fingerprint density at radius 2 is 1.71 bits per heavy atom. The molecule has 0 aromatic carbocycles. The summed E-state index contributed by atoms with van der Waals surface area (Å²) in [5, 5.41) is 3.80. The van der Waals surface area contributed by atoms with Crippen LogP contribution in [0.25, 0.3) is 0 Å². The van der Waals surface area contributed by atoms with Crippen molar-refractivity contribution in [2.24, 2.45) is 0 Å². The van der Waals surface area contributed by atoms with Gasteiger partial charge in [0.05, 0.1) is 12.7 Å². The zero-order valence-corrected chi connectivity index (χ0v) is 14.7. The molecule has 0 amide bonds. The molecule has 0 spiro atoms. The molecule has 0 saturated carbocycles. The Bertz CT molecular complexity index is 225. The average molecular weight is 299 g/mol. The quantitative estimate of drug-likeness (QED) is 0.554. The van der Waals surface area contributed by atoms with Crippen molar-refractivity contribution in [3.63, 3.8) is 0 Å². The second kappa shape index (κ2) is 12.4. The summed E-state index contributed by atoms with van der Waals surface area (Å²) in [5.41, 5.74) is 0.